The fraction of sp³-hybridized carbons (Fsp3) is 0.235. The van der Waals surface area contributed by atoms with Crippen LogP contribution in [0.3, 0.4) is 0 Å². The lowest BCUT2D eigenvalue weighted by Crippen LogP contribution is -2.12. The molecular weight excluding hydrogens is 326 g/mol. The Bertz CT molecular complexity index is 841. The van der Waals surface area contributed by atoms with Gasteiger partial charge >= 0.3 is 0 Å². The number of anilines is 1. The van der Waals surface area contributed by atoms with E-state index in [2.05, 4.69) is 15.5 Å². The predicted molar refractivity (Wildman–Crippen MR) is 92.3 cm³/mol. The van der Waals surface area contributed by atoms with Gasteiger partial charge in [-0.1, -0.05) is 17.3 Å². The molecule has 0 saturated heterocycles. The Hall–Kier alpha value is -2.67. The molecule has 0 atom stereocenters. The highest BCUT2D eigenvalue weighted by molar-refractivity contribution is 7.13. The first-order valence-corrected chi connectivity index (χ1v) is 8.34. The number of amides is 1. The van der Waals surface area contributed by atoms with Crippen molar-refractivity contribution < 1.29 is 14.1 Å². The first kappa shape index (κ1) is 16.2. The molecule has 0 aliphatic heterocycles. The highest BCUT2D eigenvalue weighted by Gasteiger charge is 2.10. The molecule has 0 spiro atoms. The maximum Gasteiger partial charge on any atom is 0.226 e. The van der Waals surface area contributed by atoms with Crippen LogP contribution in [-0.4, -0.2) is 23.2 Å². The van der Waals surface area contributed by atoms with Gasteiger partial charge in [-0.2, -0.15) is 0 Å². The van der Waals surface area contributed by atoms with Crippen LogP contribution in [0.1, 0.15) is 17.9 Å². The maximum absolute atomic E-state index is 11.9. The average Bonchev–Trinajstić information content (AvgIpc) is 3.22. The summed E-state index contributed by atoms with van der Waals surface area (Å²) in [5, 5.41) is 9.33. The smallest absolute Gasteiger partial charge is 0.226 e. The van der Waals surface area contributed by atoms with Crippen molar-refractivity contribution in [1.29, 1.82) is 0 Å². The standard InChI is InChI=1S/C17H17N3O3S/c1-11-8-15(20-23-11)19-16(21)7-6-13-10-24-17(18-13)12-4-3-5-14(9-12)22-2/h3-5,8-10H,6-7H2,1-2H3,(H,19,20,21). The number of aryl methyl sites for hydroxylation is 2. The maximum atomic E-state index is 11.9. The van der Waals surface area contributed by atoms with Gasteiger partial charge in [0.25, 0.3) is 0 Å². The van der Waals surface area contributed by atoms with Crippen LogP contribution in [0.15, 0.2) is 40.2 Å². The summed E-state index contributed by atoms with van der Waals surface area (Å²) in [5.74, 6) is 1.78. The van der Waals surface area contributed by atoms with Gasteiger partial charge in [-0.05, 0) is 25.5 Å². The van der Waals surface area contributed by atoms with Crippen molar-refractivity contribution in [2.45, 2.75) is 19.8 Å². The summed E-state index contributed by atoms with van der Waals surface area (Å²) >= 11 is 1.56. The number of aromatic nitrogens is 2. The summed E-state index contributed by atoms with van der Waals surface area (Å²) in [4.78, 5) is 16.5. The second-order valence-corrected chi connectivity index (χ2v) is 6.11. The van der Waals surface area contributed by atoms with Crippen molar-refractivity contribution in [3.05, 3.63) is 47.2 Å². The Morgan fingerprint density at radius 3 is 3.00 bits per heavy atom. The Morgan fingerprint density at radius 2 is 2.25 bits per heavy atom. The second-order valence-electron chi connectivity index (χ2n) is 5.25. The van der Waals surface area contributed by atoms with E-state index in [0.717, 1.165) is 22.0 Å². The fourth-order valence-corrected chi connectivity index (χ4v) is 3.03. The number of thiazole rings is 1. The van der Waals surface area contributed by atoms with Crippen molar-refractivity contribution in [1.82, 2.24) is 10.1 Å². The zero-order valence-electron chi connectivity index (χ0n) is 13.4. The van der Waals surface area contributed by atoms with Gasteiger partial charge in [0.1, 0.15) is 16.5 Å². The van der Waals surface area contributed by atoms with Crippen LogP contribution < -0.4 is 10.1 Å². The number of carbonyl (C=O) groups excluding carboxylic acids is 1. The number of benzene rings is 1. The summed E-state index contributed by atoms with van der Waals surface area (Å²) in [6, 6.07) is 9.45. The van der Waals surface area contributed by atoms with E-state index in [0.29, 0.717) is 24.4 Å². The van der Waals surface area contributed by atoms with Crippen molar-refractivity contribution in [3.63, 3.8) is 0 Å². The number of nitrogens with one attached hydrogen (secondary N) is 1. The van der Waals surface area contributed by atoms with Gasteiger partial charge in [-0.3, -0.25) is 4.79 Å². The lowest BCUT2D eigenvalue weighted by atomic mass is 10.2. The molecule has 0 unspecified atom stereocenters. The highest BCUT2D eigenvalue weighted by Crippen LogP contribution is 2.27. The van der Waals surface area contributed by atoms with E-state index in [9.17, 15) is 4.79 Å². The molecular formula is C17H17N3O3S. The molecule has 24 heavy (non-hydrogen) atoms. The monoisotopic (exact) mass is 343 g/mol. The number of nitrogens with zero attached hydrogens (tertiary/aromatic N) is 2. The molecule has 1 aromatic carbocycles. The molecule has 0 saturated carbocycles. The van der Waals surface area contributed by atoms with Gasteiger partial charge in [-0.25, -0.2) is 4.98 Å². The average molecular weight is 343 g/mol. The van der Waals surface area contributed by atoms with E-state index in [1.807, 2.05) is 29.6 Å². The number of methoxy groups -OCH3 is 1. The molecule has 124 valence electrons. The third-order valence-electron chi connectivity index (χ3n) is 3.37. The van der Waals surface area contributed by atoms with Crippen molar-refractivity contribution in [2.24, 2.45) is 0 Å². The van der Waals surface area contributed by atoms with Crippen LogP contribution in [-0.2, 0) is 11.2 Å². The lowest BCUT2D eigenvalue weighted by Gasteiger charge is -2.01. The SMILES string of the molecule is COc1cccc(-c2nc(CCC(=O)Nc3cc(C)on3)cs2)c1. The van der Waals surface area contributed by atoms with E-state index in [4.69, 9.17) is 9.26 Å². The van der Waals surface area contributed by atoms with Crippen molar-refractivity contribution in [2.75, 3.05) is 12.4 Å². The van der Waals surface area contributed by atoms with Crippen LogP contribution in [0.5, 0.6) is 5.75 Å². The van der Waals surface area contributed by atoms with Gasteiger partial charge in [-0.15, -0.1) is 11.3 Å². The summed E-state index contributed by atoms with van der Waals surface area (Å²) in [6.07, 6.45) is 0.913. The number of ether oxygens (including phenoxy) is 1. The summed E-state index contributed by atoms with van der Waals surface area (Å²) in [5.41, 5.74) is 1.90. The molecule has 0 fully saturated rings. The molecule has 7 heteroatoms. The second kappa shape index (κ2) is 7.27. The molecule has 0 aliphatic carbocycles. The highest BCUT2D eigenvalue weighted by atomic mass is 32.1. The molecule has 0 radical (unpaired) electrons. The van der Waals surface area contributed by atoms with E-state index in [1.165, 1.54) is 0 Å². The summed E-state index contributed by atoms with van der Waals surface area (Å²) < 4.78 is 10.1. The third kappa shape index (κ3) is 3.99. The van der Waals surface area contributed by atoms with Gasteiger partial charge < -0.3 is 14.6 Å². The molecule has 2 aromatic heterocycles. The molecule has 0 bridgehead atoms. The molecule has 1 N–H and O–H groups in total. The van der Waals surface area contributed by atoms with Crippen LogP contribution in [0.25, 0.3) is 10.6 Å². The van der Waals surface area contributed by atoms with Gasteiger partial charge in [0.2, 0.25) is 5.91 Å². The van der Waals surface area contributed by atoms with Crippen LogP contribution in [0.4, 0.5) is 5.82 Å². The summed E-state index contributed by atoms with van der Waals surface area (Å²) in [6.45, 7) is 1.78. The minimum absolute atomic E-state index is 0.112. The quantitative estimate of drug-likeness (QED) is 0.738. The molecule has 2 heterocycles. The van der Waals surface area contributed by atoms with E-state index in [1.54, 1.807) is 31.4 Å². The van der Waals surface area contributed by atoms with Crippen molar-refractivity contribution in [3.8, 4) is 16.3 Å². The molecule has 3 aromatic rings. The molecule has 6 nitrogen and oxygen atoms in total. The lowest BCUT2D eigenvalue weighted by molar-refractivity contribution is -0.116. The van der Waals surface area contributed by atoms with E-state index < -0.39 is 0 Å². The predicted octanol–water partition coefficient (Wildman–Crippen LogP) is 3.69. The molecule has 0 aliphatic rings. The number of hydrogen-bond donors (Lipinski definition) is 1. The zero-order valence-corrected chi connectivity index (χ0v) is 14.2. The fourth-order valence-electron chi connectivity index (χ4n) is 2.18. The van der Waals surface area contributed by atoms with E-state index >= 15 is 0 Å². The first-order valence-electron chi connectivity index (χ1n) is 7.46. The zero-order chi connectivity index (χ0) is 16.9. The Kier molecular flexibility index (Phi) is 4.90. The van der Waals surface area contributed by atoms with Crippen LogP contribution >= 0.6 is 11.3 Å². The van der Waals surface area contributed by atoms with Gasteiger partial charge in [0, 0.05) is 23.4 Å². The third-order valence-corrected chi connectivity index (χ3v) is 4.31. The van der Waals surface area contributed by atoms with E-state index in [-0.39, 0.29) is 5.91 Å². The molecule has 3 rings (SSSR count). The number of carbonyl (C=O) groups is 1. The van der Waals surface area contributed by atoms with Crippen LogP contribution in [0.2, 0.25) is 0 Å². The normalized spacial score (nSPS) is 10.6. The topological polar surface area (TPSA) is 77.2 Å². The summed E-state index contributed by atoms with van der Waals surface area (Å²) in [7, 11) is 1.64. The largest absolute Gasteiger partial charge is 0.497 e. The van der Waals surface area contributed by atoms with Gasteiger partial charge in [0.15, 0.2) is 5.82 Å². The minimum Gasteiger partial charge on any atom is -0.497 e. The van der Waals surface area contributed by atoms with Crippen LogP contribution in [0, 0.1) is 6.92 Å². The van der Waals surface area contributed by atoms with Gasteiger partial charge in [0.05, 0.1) is 12.8 Å². The Labute approximate surface area is 143 Å². The Balaban J connectivity index is 1.58. The number of hydrogen-bond acceptors (Lipinski definition) is 6. The van der Waals surface area contributed by atoms with Crippen molar-refractivity contribution >= 4 is 23.1 Å². The Morgan fingerprint density at radius 1 is 1.38 bits per heavy atom. The first-order chi connectivity index (χ1) is 11.6. The molecule has 1 amide bonds. The minimum atomic E-state index is -0.112. The number of rotatable bonds is 6.